The maximum Gasteiger partial charge on any atom is 0.256 e. The quantitative estimate of drug-likeness (QED) is 0.621. The number of anilines is 1. The fourth-order valence-electron chi connectivity index (χ4n) is 2.20. The van der Waals surface area contributed by atoms with Crippen molar-refractivity contribution in [2.75, 3.05) is 5.32 Å². The molecule has 0 spiro atoms. The van der Waals surface area contributed by atoms with E-state index in [1.807, 2.05) is 18.2 Å². The van der Waals surface area contributed by atoms with Crippen LogP contribution < -0.4 is 5.32 Å². The third kappa shape index (κ3) is 2.01. The van der Waals surface area contributed by atoms with E-state index in [1.165, 1.54) is 0 Å². The van der Waals surface area contributed by atoms with Crippen molar-refractivity contribution in [2.45, 2.75) is 3.23 Å². The van der Waals surface area contributed by atoms with Gasteiger partial charge in [0.1, 0.15) is 0 Å². The van der Waals surface area contributed by atoms with E-state index < -0.39 is 3.23 Å². The Morgan fingerprint density at radius 3 is 2.40 bits per heavy atom. The summed E-state index contributed by atoms with van der Waals surface area (Å²) >= 11 is 6.68. The number of nitrogens with one attached hydrogen (secondary N) is 1. The molecule has 0 unspecified atom stereocenters. The normalized spacial score (nSPS) is 15.6. The van der Waals surface area contributed by atoms with E-state index in [2.05, 4.69) is 37.2 Å². The number of para-hydroxylation sites is 1. The molecule has 3 nitrogen and oxygen atoms in total. The number of fused-ring (bicyclic) bond motifs is 1. The third-order valence-electron chi connectivity index (χ3n) is 3.21. The van der Waals surface area contributed by atoms with Gasteiger partial charge in [-0.05, 0) is 6.07 Å². The smallest absolute Gasteiger partial charge is 0.256 e. The number of hydrogen-bond acceptors (Lipinski definition) is 2. The van der Waals surface area contributed by atoms with Crippen LogP contribution in [0, 0.1) is 0 Å². The van der Waals surface area contributed by atoms with Crippen molar-refractivity contribution in [1.29, 1.82) is 0 Å². The SMILES string of the molecule is O=C(c1ccccc1)c1cccc2c1NC(=O)C2(Br)Br. The molecule has 20 heavy (non-hydrogen) atoms. The number of amides is 1. The van der Waals surface area contributed by atoms with Gasteiger partial charge in [0.2, 0.25) is 0 Å². The Labute approximate surface area is 132 Å². The van der Waals surface area contributed by atoms with Gasteiger partial charge >= 0.3 is 0 Å². The molecule has 0 bridgehead atoms. The van der Waals surface area contributed by atoms with Crippen LogP contribution in [0.1, 0.15) is 21.5 Å². The van der Waals surface area contributed by atoms with Crippen molar-refractivity contribution in [1.82, 2.24) is 0 Å². The lowest BCUT2D eigenvalue weighted by Crippen LogP contribution is -2.20. The maximum atomic E-state index is 12.5. The average molecular weight is 395 g/mol. The van der Waals surface area contributed by atoms with Crippen LogP contribution in [-0.4, -0.2) is 11.7 Å². The molecule has 0 saturated carbocycles. The minimum absolute atomic E-state index is 0.111. The fraction of sp³-hybridized carbons (Fsp3) is 0.0667. The highest BCUT2D eigenvalue weighted by molar-refractivity contribution is 9.25. The number of rotatable bonds is 2. The van der Waals surface area contributed by atoms with Crippen LogP contribution >= 0.6 is 31.9 Å². The van der Waals surface area contributed by atoms with Crippen molar-refractivity contribution in [3.63, 3.8) is 0 Å². The molecular formula is C15H9Br2NO2. The number of carbonyl (C=O) groups excluding carboxylic acids is 2. The Hall–Kier alpha value is -1.46. The lowest BCUT2D eigenvalue weighted by atomic mass is 9.99. The molecule has 3 rings (SSSR count). The monoisotopic (exact) mass is 393 g/mol. The first-order chi connectivity index (χ1) is 9.51. The number of alkyl halides is 2. The van der Waals surface area contributed by atoms with Gasteiger partial charge in [0.05, 0.1) is 5.69 Å². The summed E-state index contributed by atoms with van der Waals surface area (Å²) in [6.45, 7) is 0. The van der Waals surface area contributed by atoms with Gasteiger partial charge in [0.15, 0.2) is 9.02 Å². The Balaban J connectivity index is 2.13. The van der Waals surface area contributed by atoms with Crippen molar-refractivity contribution < 1.29 is 9.59 Å². The van der Waals surface area contributed by atoms with Crippen LogP contribution in [0.2, 0.25) is 0 Å². The molecule has 1 N–H and O–H groups in total. The number of hydrogen-bond donors (Lipinski definition) is 1. The molecule has 0 saturated heterocycles. The summed E-state index contributed by atoms with van der Waals surface area (Å²) in [6.07, 6.45) is 0. The Morgan fingerprint density at radius 1 is 1.00 bits per heavy atom. The fourth-order valence-corrected chi connectivity index (χ4v) is 3.06. The van der Waals surface area contributed by atoms with E-state index in [4.69, 9.17) is 0 Å². The molecule has 0 radical (unpaired) electrons. The lowest BCUT2D eigenvalue weighted by Gasteiger charge is -2.11. The Bertz CT molecular complexity index is 711. The van der Waals surface area contributed by atoms with Crippen LogP contribution in [0.5, 0.6) is 0 Å². The van der Waals surface area contributed by atoms with Gasteiger partial charge in [-0.3, -0.25) is 9.59 Å². The molecular weight excluding hydrogens is 386 g/mol. The number of halogens is 2. The van der Waals surface area contributed by atoms with Gasteiger partial charge < -0.3 is 5.32 Å². The molecule has 2 aromatic carbocycles. The second-order valence-corrected chi connectivity index (χ2v) is 7.89. The van der Waals surface area contributed by atoms with Crippen LogP contribution in [-0.2, 0) is 8.03 Å². The molecule has 1 aliphatic heterocycles. The average Bonchev–Trinajstić information content (AvgIpc) is 2.70. The Kier molecular flexibility index (Phi) is 3.26. The van der Waals surface area contributed by atoms with E-state index >= 15 is 0 Å². The molecule has 0 fully saturated rings. The van der Waals surface area contributed by atoms with Gasteiger partial charge in [0, 0.05) is 16.7 Å². The largest absolute Gasteiger partial charge is 0.323 e. The van der Waals surface area contributed by atoms with E-state index in [-0.39, 0.29) is 11.7 Å². The molecule has 1 heterocycles. The summed E-state index contributed by atoms with van der Waals surface area (Å²) in [7, 11) is 0. The molecule has 100 valence electrons. The van der Waals surface area contributed by atoms with Gasteiger partial charge in [-0.2, -0.15) is 0 Å². The molecule has 0 aliphatic carbocycles. The van der Waals surface area contributed by atoms with Crippen LogP contribution in [0.25, 0.3) is 0 Å². The standard InChI is InChI=1S/C15H9Br2NO2/c16-15(17)11-8-4-7-10(12(11)18-14(15)20)13(19)9-5-2-1-3-6-9/h1-8H,(H,18,20). The number of benzene rings is 2. The van der Waals surface area contributed by atoms with Gasteiger partial charge in [-0.15, -0.1) is 0 Å². The van der Waals surface area contributed by atoms with E-state index in [0.29, 0.717) is 22.4 Å². The van der Waals surface area contributed by atoms with Gasteiger partial charge in [-0.1, -0.05) is 74.3 Å². The molecule has 1 aliphatic rings. The first kappa shape index (κ1) is 13.5. The summed E-state index contributed by atoms with van der Waals surface area (Å²) in [5, 5.41) is 2.75. The van der Waals surface area contributed by atoms with Gasteiger partial charge in [0.25, 0.3) is 5.91 Å². The minimum atomic E-state index is -0.970. The minimum Gasteiger partial charge on any atom is -0.323 e. The molecule has 0 aromatic heterocycles. The highest BCUT2D eigenvalue weighted by Crippen LogP contribution is 2.48. The summed E-state index contributed by atoms with van der Waals surface area (Å²) in [6, 6.07) is 14.3. The Morgan fingerprint density at radius 2 is 1.70 bits per heavy atom. The molecule has 2 aromatic rings. The summed E-state index contributed by atoms with van der Waals surface area (Å²) in [5.74, 6) is -0.346. The number of ketones is 1. The van der Waals surface area contributed by atoms with E-state index in [0.717, 1.165) is 0 Å². The summed E-state index contributed by atoms with van der Waals surface area (Å²) in [4.78, 5) is 24.5. The zero-order valence-electron chi connectivity index (χ0n) is 10.2. The summed E-state index contributed by atoms with van der Waals surface area (Å²) in [5.41, 5.74) is 2.35. The topological polar surface area (TPSA) is 46.2 Å². The molecule has 5 heteroatoms. The first-order valence-electron chi connectivity index (χ1n) is 5.94. The van der Waals surface area contributed by atoms with Crippen LogP contribution in [0.4, 0.5) is 5.69 Å². The second kappa shape index (κ2) is 4.82. The highest BCUT2D eigenvalue weighted by Gasteiger charge is 2.44. The van der Waals surface area contributed by atoms with Crippen molar-refractivity contribution in [3.05, 3.63) is 65.2 Å². The van der Waals surface area contributed by atoms with E-state index in [9.17, 15) is 9.59 Å². The predicted molar refractivity (Wildman–Crippen MR) is 84.5 cm³/mol. The molecule has 1 amide bonds. The van der Waals surface area contributed by atoms with E-state index in [1.54, 1.807) is 30.3 Å². The predicted octanol–water partition coefficient (Wildman–Crippen LogP) is 3.81. The second-order valence-electron chi connectivity index (χ2n) is 4.45. The van der Waals surface area contributed by atoms with Crippen molar-refractivity contribution in [3.8, 4) is 0 Å². The lowest BCUT2D eigenvalue weighted by molar-refractivity contribution is -0.115. The zero-order valence-corrected chi connectivity index (χ0v) is 13.4. The van der Waals surface area contributed by atoms with Crippen LogP contribution in [0.15, 0.2) is 48.5 Å². The van der Waals surface area contributed by atoms with Crippen molar-refractivity contribution >= 4 is 49.2 Å². The molecule has 0 atom stereocenters. The number of carbonyl (C=O) groups is 2. The third-order valence-corrected chi connectivity index (χ3v) is 4.78. The first-order valence-corrected chi connectivity index (χ1v) is 7.53. The summed E-state index contributed by atoms with van der Waals surface area (Å²) < 4.78 is -0.970. The van der Waals surface area contributed by atoms with Gasteiger partial charge in [-0.25, -0.2) is 0 Å². The highest BCUT2D eigenvalue weighted by atomic mass is 79.9. The zero-order chi connectivity index (χ0) is 14.3. The van der Waals surface area contributed by atoms with Crippen molar-refractivity contribution in [2.24, 2.45) is 0 Å². The van der Waals surface area contributed by atoms with Crippen LogP contribution in [0.3, 0.4) is 0 Å². The maximum absolute atomic E-state index is 12.5.